The molecule has 0 saturated carbocycles. The molecule has 0 rings (SSSR count). The van der Waals surface area contributed by atoms with Gasteiger partial charge in [0.15, 0.2) is 0 Å². The first-order valence-corrected chi connectivity index (χ1v) is 7.77. The topological polar surface area (TPSA) is 52.6 Å². The van der Waals surface area contributed by atoms with Gasteiger partial charge in [0.1, 0.15) is 0 Å². The number of rotatable bonds is 12. The first kappa shape index (κ1) is 18.9. The first-order valence-electron chi connectivity index (χ1n) is 7.77. The van der Waals surface area contributed by atoms with Crippen molar-refractivity contribution >= 4 is 11.9 Å². The maximum Gasteiger partial charge on any atom is 0.305 e. The van der Waals surface area contributed by atoms with Gasteiger partial charge in [0.05, 0.1) is 14.2 Å². The lowest BCUT2D eigenvalue weighted by atomic mass is 9.95. The van der Waals surface area contributed by atoms with Crippen LogP contribution in [0.2, 0.25) is 0 Å². The molecular formula is C16H30O4. The smallest absolute Gasteiger partial charge is 0.305 e. The molecule has 4 heteroatoms. The van der Waals surface area contributed by atoms with Crippen LogP contribution in [-0.4, -0.2) is 26.2 Å². The summed E-state index contributed by atoms with van der Waals surface area (Å²) < 4.78 is 9.30. The molecule has 1 unspecified atom stereocenters. The van der Waals surface area contributed by atoms with Crippen molar-refractivity contribution in [2.45, 2.75) is 71.1 Å². The van der Waals surface area contributed by atoms with Crippen LogP contribution < -0.4 is 0 Å². The minimum absolute atomic E-state index is 0.0975. The third-order valence-electron chi connectivity index (χ3n) is 3.73. The van der Waals surface area contributed by atoms with Gasteiger partial charge in [-0.3, -0.25) is 9.59 Å². The van der Waals surface area contributed by atoms with E-state index in [1.165, 1.54) is 39.9 Å². The fourth-order valence-electron chi connectivity index (χ4n) is 2.28. The van der Waals surface area contributed by atoms with E-state index in [0.29, 0.717) is 18.8 Å². The molecule has 0 aliphatic rings. The normalized spacial score (nSPS) is 11.9. The number of methoxy groups -OCH3 is 2. The second-order valence-electron chi connectivity index (χ2n) is 5.29. The molecule has 0 fully saturated rings. The van der Waals surface area contributed by atoms with Crippen molar-refractivity contribution in [3.05, 3.63) is 0 Å². The minimum Gasteiger partial charge on any atom is -0.469 e. The third kappa shape index (κ3) is 10.8. The largest absolute Gasteiger partial charge is 0.469 e. The molecule has 20 heavy (non-hydrogen) atoms. The van der Waals surface area contributed by atoms with Crippen LogP contribution in [0.3, 0.4) is 0 Å². The molecule has 0 amide bonds. The first-order chi connectivity index (χ1) is 9.63. The van der Waals surface area contributed by atoms with Crippen molar-refractivity contribution in [3.63, 3.8) is 0 Å². The van der Waals surface area contributed by atoms with Crippen LogP contribution in [0.15, 0.2) is 0 Å². The highest BCUT2D eigenvalue weighted by atomic mass is 16.5. The zero-order valence-electron chi connectivity index (χ0n) is 13.3. The van der Waals surface area contributed by atoms with Gasteiger partial charge in [-0.05, 0) is 18.8 Å². The van der Waals surface area contributed by atoms with Crippen molar-refractivity contribution < 1.29 is 19.1 Å². The molecule has 0 aliphatic carbocycles. The summed E-state index contributed by atoms with van der Waals surface area (Å²) in [5.41, 5.74) is 0. The third-order valence-corrected chi connectivity index (χ3v) is 3.73. The Morgan fingerprint density at radius 3 is 1.95 bits per heavy atom. The summed E-state index contributed by atoms with van der Waals surface area (Å²) in [7, 11) is 2.88. The Kier molecular flexibility index (Phi) is 12.3. The molecule has 0 bridgehead atoms. The zero-order valence-corrected chi connectivity index (χ0v) is 13.3. The monoisotopic (exact) mass is 286 g/mol. The molecule has 0 aromatic rings. The van der Waals surface area contributed by atoms with Crippen LogP contribution in [0.5, 0.6) is 0 Å². The SMILES string of the molecule is CCC(CCCCCCCCC(=O)OC)CC(=O)OC. The standard InChI is InChI=1S/C16H30O4/c1-4-14(13-16(18)20-3)11-9-7-5-6-8-10-12-15(17)19-2/h14H,4-13H2,1-3H3. The Morgan fingerprint density at radius 1 is 0.850 bits per heavy atom. The summed E-state index contributed by atoms with van der Waals surface area (Å²) in [6.07, 6.45) is 9.99. The van der Waals surface area contributed by atoms with E-state index in [1.54, 1.807) is 0 Å². The number of ether oxygens (including phenoxy) is 2. The van der Waals surface area contributed by atoms with Crippen LogP contribution in [-0.2, 0) is 19.1 Å². The second kappa shape index (κ2) is 12.9. The molecule has 4 nitrogen and oxygen atoms in total. The predicted octanol–water partition coefficient (Wildman–Crippen LogP) is 3.87. The second-order valence-corrected chi connectivity index (χ2v) is 5.29. The Bertz CT molecular complexity index is 263. The maximum absolute atomic E-state index is 11.2. The summed E-state index contributed by atoms with van der Waals surface area (Å²) in [6, 6.07) is 0. The van der Waals surface area contributed by atoms with Gasteiger partial charge in [-0.25, -0.2) is 0 Å². The fourth-order valence-corrected chi connectivity index (χ4v) is 2.28. The van der Waals surface area contributed by atoms with Gasteiger partial charge in [-0.15, -0.1) is 0 Å². The summed E-state index contributed by atoms with van der Waals surface area (Å²) >= 11 is 0. The molecule has 0 N–H and O–H groups in total. The molecule has 0 spiro atoms. The van der Waals surface area contributed by atoms with Gasteiger partial charge in [-0.1, -0.05) is 45.4 Å². The molecular weight excluding hydrogens is 256 g/mol. The highest BCUT2D eigenvalue weighted by Gasteiger charge is 2.11. The van der Waals surface area contributed by atoms with Gasteiger partial charge in [0.2, 0.25) is 0 Å². The summed E-state index contributed by atoms with van der Waals surface area (Å²) in [5.74, 6) is 0.250. The highest BCUT2D eigenvalue weighted by molar-refractivity contribution is 5.69. The van der Waals surface area contributed by atoms with E-state index in [1.807, 2.05) is 0 Å². The number of esters is 2. The van der Waals surface area contributed by atoms with E-state index in [4.69, 9.17) is 4.74 Å². The maximum atomic E-state index is 11.2. The van der Waals surface area contributed by atoms with Crippen LogP contribution in [0.25, 0.3) is 0 Å². The van der Waals surface area contributed by atoms with Crippen LogP contribution in [0.1, 0.15) is 71.1 Å². The molecule has 1 atom stereocenters. The summed E-state index contributed by atoms with van der Waals surface area (Å²) in [4.78, 5) is 22.1. The lowest BCUT2D eigenvalue weighted by Crippen LogP contribution is -2.09. The van der Waals surface area contributed by atoms with Gasteiger partial charge >= 0.3 is 11.9 Å². The average molecular weight is 286 g/mol. The van der Waals surface area contributed by atoms with E-state index >= 15 is 0 Å². The lowest BCUT2D eigenvalue weighted by molar-refractivity contribution is -0.142. The quantitative estimate of drug-likeness (QED) is 0.404. The number of unbranched alkanes of at least 4 members (excludes halogenated alkanes) is 5. The lowest BCUT2D eigenvalue weighted by Gasteiger charge is -2.12. The van der Waals surface area contributed by atoms with Crippen LogP contribution in [0, 0.1) is 5.92 Å². The van der Waals surface area contributed by atoms with Crippen molar-refractivity contribution in [1.29, 1.82) is 0 Å². The molecule has 0 heterocycles. The number of carbonyl (C=O) groups is 2. The van der Waals surface area contributed by atoms with E-state index in [-0.39, 0.29) is 11.9 Å². The van der Waals surface area contributed by atoms with E-state index < -0.39 is 0 Å². The van der Waals surface area contributed by atoms with Gasteiger partial charge in [-0.2, -0.15) is 0 Å². The molecule has 0 radical (unpaired) electrons. The molecule has 0 aliphatic heterocycles. The zero-order chi connectivity index (χ0) is 15.2. The summed E-state index contributed by atoms with van der Waals surface area (Å²) in [5, 5.41) is 0. The van der Waals surface area contributed by atoms with Crippen LogP contribution in [0.4, 0.5) is 0 Å². The van der Waals surface area contributed by atoms with E-state index in [2.05, 4.69) is 11.7 Å². The molecule has 118 valence electrons. The van der Waals surface area contributed by atoms with Crippen molar-refractivity contribution in [3.8, 4) is 0 Å². The van der Waals surface area contributed by atoms with Gasteiger partial charge in [0.25, 0.3) is 0 Å². The number of carbonyl (C=O) groups excluding carboxylic acids is 2. The Labute approximate surface area is 123 Å². The van der Waals surface area contributed by atoms with Crippen LogP contribution >= 0.6 is 0 Å². The Hall–Kier alpha value is -1.06. The van der Waals surface area contributed by atoms with Gasteiger partial charge < -0.3 is 9.47 Å². The Balaban J connectivity index is 3.41. The molecule has 0 aromatic heterocycles. The van der Waals surface area contributed by atoms with Crippen molar-refractivity contribution in [2.24, 2.45) is 5.92 Å². The average Bonchev–Trinajstić information content (AvgIpc) is 2.47. The van der Waals surface area contributed by atoms with E-state index in [0.717, 1.165) is 25.7 Å². The van der Waals surface area contributed by atoms with E-state index in [9.17, 15) is 9.59 Å². The Morgan fingerprint density at radius 2 is 1.40 bits per heavy atom. The number of hydrogen-bond acceptors (Lipinski definition) is 4. The van der Waals surface area contributed by atoms with Gasteiger partial charge in [0, 0.05) is 12.8 Å². The molecule has 0 saturated heterocycles. The van der Waals surface area contributed by atoms with Crippen molar-refractivity contribution in [2.75, 3.05) is 14.2 Å². The predicted molar refractivity (Wildman–Crippen MR) is 79.4 cm³/mol. The fraction of sp³-hybridized carbons (Fsp3) is 0.875. The minimum atomic E-state index is -0.112. The summed E-state index contributed by atoms with van der Waals surface area (Å²) in [6.45, 7) is 2.13. The van der Waals surface area contributed by atoms with Crippen molar-refractivity contribution in [1.82, 2.24) is 0 Å². The number of hydrogen-bond donors (Lipinski definition) is 0. The highest BCUT2D eigenvalue weighted by Crippen LogP contribution is 2.18. The molecule has 0 aromatic carbocycles.